The summed E-state index contributed by atoms with van der Waals surface area (Å²) in [4.78, 5) is 1.98. The van der Waals surface area contributed by atoms with E-state index in [4.69, 9.17) is 5.73 Å². The van der Waals surface area contributed by atoms with Crippen LogP contribution in [0.2, 0.25) is 0 Å². The number of aliphatic hydroxyl groups is 2. The Labute approximate surface area is 102 Å². The number of rotatable bonds is 3. The second-order valence-corrected chi connectivity index (χ2v) is 4.65. The fourth-order valence-electron chi connectivity index (χ4n) is 2.15. The Hall–Kier alpha value is -1.10. The van der Waals surface area contributed by atoms with E-state index in [1.54, 1.807) is 0 Å². The Kier molecular flexibility index (Phi) is 3.66. The lowest BCUT2D eigenvalue weighted by Gasteiger charge is -2.18. The quantitative estimate of drug-likeness (QED) is 0.720. The number of benzene rings is 1. The molecule has 1 aliphatic heterocycles. The Morgan fingerprint density at radius 2 is 1.76 bits per heavy atom. The van der Waals surface area contributed by atoms with Crippen molar-refractivity contribution in [2.24, 2.45) is 5.73 Å². The van der Waals surface area contributed by atoms with Gasteiger partial charge >= 0.3 is 0 Å². The zero-order valence-electron chi connectivity index (χ0n) is 10.1. The monoisotopic (exact) mass is 236 g/mol. The van der Waals surface area contributed by atoms with Crippen LogP contribution in [0, 0.1) is 0 Å². The molecule has 4 heteroatoms. The molecule has 0 radical (unpaired) electrons. The highest BCUT2D eigenvalue weighted by Crippen LogP contribution is 2.23. The van der Waals surface area contributed by atoms with Crippen LogP contribution in [-0.2, 0) is 0 Å². The first-order valence-corrected chi connectivity index (χ1v) is 6.08. The van der Waals surface area contributed by atoms with Gasteiger partial charge in [-0.25, -0.2) is 0 Å². The van der Waals surface area contributed by atoms with Crippen LogP contribution in [0.3, 0.4) is 0 Å². The van der Waals surface area contributed by atoms with Gasteiger partial charge in [0.1, 0.15) is 0 Å². The minimum Gasteiger partial charge on any atom is -0.389 e. The van der Waals surface area contributed by atoms with Gasteiger partial charge in [0.2, 0.25) is 0 Å². The van der Waals surface area contributed by atoms with Crippen molar-refractivity contribution >= 4 is 5.69 Å². The first-order chi connectivity index (χ1) is 8.11. The molecule has 2 rings (SSSR count). The molecule has 0 aliphatic carbocycles. The van der Waals surface area contributed by atoms with Gasteiger partial charge in [0.25, 0.3) is 0 Å². The molecule has 4 N–H and O–H groups in total. The molecule has 1 fully saturated rings. The van der Waals surface area contributed by atoms with E-state index in [2.05, 4.69) is 6.92 Å². The molecule has 2 unspecified atom stereocenters. The summed E-state index contributed by atoms with van der Waals surface area (Å²) in [6.45, 7) is 3.03. The van der Waals surface area contributed by atoms with Crippen LogP contribution in [0.5, 0.6) is 0 Å². The van der Waals surface area contributed by atoms with E-state index in [0.717, 1.165) is 17.7 Å². The third-order valence-electron chi connectivity index (χ3n) is 3.39. The summed E-state index contributed by atoms with van der Waals surface area (Å²) in [5.74, 6) is 0. The van der Waals surface area contributed by atoms with Crippen LogP contribution < -0.4 is 10.6 Å². The molecule has 17 heavy (non-hydrogen) atoms. The van der Waals surface area contributed by atoms with Crippen LogP contribution in [-0.4, -0.2) is 35.5 Å². The maximum Gasteiger partial charge on any atom is 0.0990 e. The average molecular weight is 236 g/mol. The van der Waals surface area contributed by atoms with Gasteiger partial charge in [-0.2, -0.15) is 0 Å². The van der Waals surface area contributed by atoms with Gasteiger partial charge in [-0.1, -0.05) is 19.1 Å². The summed E-state index contributed by atoms with van der Waals surface area (Å²) >= 11 is 0. The van der Waals surface area contributed by atoms with E-state index in [0.29, 0.717) is 13.1 Å². The van der Waals surface area contributed by atoms with Crippen LogP contribution in [0.25, 0.3) is 0 Å². The highest BCUT2D eigenvalue weighted by molar-refractivity contribution is 5.49. The predicted molar refractivity (Wildman–Crippen MR) is 67.9 cm³/mol. The minimum atomic E-state index is -0.646. The first-order valence-electron chi connectivity index (χ1n) is 6.08. The van der Waals surface area contributed by atoms with E-state index < -0.39 is 12.2 Å². The number of hydrogen-bond acceptors (Lipinski definition) is 4. The van der Waals surface area contributed by atoms with Crippen LogP contribution >= 0.6 is 0 Å². The summed E-state index contributed by atoms with van der Waals surface area (Å²) in [6, 6.07) is 8.10. The first kappa shape index (κ1) is 12.4. The molecule has 3 atom stereocenters. The average Bonchev–Trinajstić information content (AvgIpc) is 2.69. The summed E-state index contributed by atoms with van der Waals surface area (Å²) < 4.78 is 0. The van der Waals surface area contributed by atoms with Gasteiger partial charge in [0.15, 0.2) is 0 Å². The van der Waals surface area contributed by atoms with Crippen molar-refractivity contribution in [3.8, 4) is 0 Å². The molecule has 94 valence electrons. The van der Waals surface area contributed by atoms with E-state index in [-0.39, 0.29) is 6.04 Å². The van der Waals surface area contributed by atoms with E-state index in [1.807, 2.05) is 29.2 Å². The molecule has 1 heterocycles. The molecule has 4 nitrogen and oxygen atoms in total. The largest absolute Gasteiger partial charge is 0.389 e. The molecular weight excluding hydrogens is 216 g/mol. The smallest absolute Gasteiger partial charge is 0.0990 e. The maximum atomic E-state index is 9.50. The number of aliphatic hydroxyl groups excluding tert-OH is 2. The van der Waals surface area contributed by atoms with Gasteiger partial charge in [0.05, 0.1) is 12.2 Å². The van der Waals surface area contributed by atoms with Gasteiger partial charge < -0.3 is 20.8 Å². The van der Waals surface area contributed by atoms with Crippen molar-refractivity contribution in [1.82, 2.24) is 0 Å². The standard InChI is InChI=1S/C13H20N2O2/c1-2-11(14)9-3-5-10(6-4-9)15-7-12(16)13(17)8-15/h3-6,11-13,16-17H,2,7-8,14H2,1H3/t11-,12?,13?/m0/s1. The second-order valence-electron chi connectivity index (χ2n) is 4.65. The highest BCUT2D eigenvalue weighted by atomic mass is 16.3. The lowest BCUT2D eigenvalue weighted by atomic mass is 10.1. The second kappa shape index (κ2) is 5.04. The molecule has 1 saturated heterocycles. The fraction of sp³-hybridized carbons (Fsp3) is 0.538. The molecule has 1 aromatic rings. The lowest BCUT2D eigenvalue weighted by Crippen LogP contribution is -2.22. The van der Waals surface area contributed by atoms with Crippen LogP contribution in [0.4, 0.5) is 5.69 Å². The van der Waals surface area contributed by atoms with Crippen molar-refractivity contribution in [3.63, 3.8) is 0 Å². The van der Waals surface area contributed by atoms with Gasteiger partial charge in [-0.05, 0) is 24.1 Å². The predicted octanol–water partition coefficient (Wildman–Crippen LogP) is 0.638. The third-order valence-corrected chi connectivity index (χ3v) is 3.39. The van der Waals surface area contributed by atoms with E-state index >= 15 is 0 Å². The number of β-amino-alcohol motifs (C(OH)–C–C–N with tert-alkyl or cyclic N) is 2. The molecule has 1 aromatic carbocycles. The number of anilines is 1. The van der Waals surface area contributed by atoms with E-state index in [9.17, 15) is 10.2 Å². The van der Waals surface area contributed by atoms with Gasteiger partial charge in [0, 0.05) is 24.8 Å². The van der Waals surface area contributed by atoms with Gasteiger partial charge in [-0.15, -0.1) is 0 Å². The Morgan fingerprint density at radius 1 is 1.24 bits per heavy atom. The summed E-state index contributed by atoms with van der Waals surface area (Å²) in [6.07, 6.45) is -0.374. The normalized spacial score (nSPS) is 26.2. The molecule has 1 aliphatic rings. The molecule has 0 amide bonds. The Bertz CT molecular complexity index is 356. The Balaban J connectivity index is 2.08. The van der Waals surface area contributed by atoms with Crippen molar-refractivity contribution in [2.45, 2.75) is 31.6 Å². The molecule has 0 saturated carbocycles. The summed E-state index contributed by atoms with van der Waals surface area (Å²) in [7, 11) is 0. The summed E-state index contributed by atoms with van der Waals surface area (Å²) in [5, 5.41) is 19.0. The highest BCUT2D eigenvalue weighted by Gasteiger charge is 2.29. The number of hydrogen-bond donors (Lipinski definition) is 3. The zero-order chi connectivity index (χ0) is 12.4. The van der Waals surface area contributed by atoms with Crippen LogP contribution in [0.1, 0.15) is 24.9 Å². The number of nitrogens with two attached hydrogens (primary N) is 1. The zero-order valence-corrected chi connectivity index (χ0v) is 10.1. The fourth-order valence-corrected chi connectivity index (χ4v) is 2.15. The third kappa shape index (κ3) is 2.60. The number of nitrogens with zero attached hydrogens (tertiary/aromatic N) is 1. The molecular formula is C13H20N2O2. The minimum absolute atomic E-state index is 0.0822. The lowest BCUT2D eigenvalue weighted by molar-refractivity contribution is 0.0572. The SMILES string of the molecule is CC[C@H](N)c1ccc(N2CC(O)C(O)C2)cc1. The van der Waals surface area contributed by atoms with Crippen molar-refractivity contribution in [3.05, 3.63) is 29.8 Å². The molecule has 0 bridgehead atoms. The molecule has 0 spiro atoms. The van der Waals surface area contributed by atoms with Crippen LogP contribution in [0.15, 0.2) is 24.3 Å². The van der Waals surface area contributed by atoms with E-state index in [1.165, 1.54) is 0 Å². The van der Waals surface area contributed by atoms with Crippen molar-refractivity contribution in [2.75, 3.05) is 18.0 Å². The topological polar surface area (TPSA) is 69.7 Å². The maximum absolute atomic E-state index is 9.50. The Morgan fingerprint density at radius 3 is 2.24 bits per heavy atom. The molecule has 0 aromatic heterocycles. The van der Waals surface area contributed by atoms with Gasteiger partial charge in [-0.3, -0.25) is 0 Å². The van der Waals surface area contributed by atoms with Crippen molar-refractivity contribution < 1.29 is 10.2 Å². The van der Waals surface area contributed by atoms with Crippen molar-refractivity contribution in [1.29, 1.82) is 0 Å². The summed E-state index contributed by atoms with van der Waals surface area (Å²) in [5.41, 5.74) is 8.09.